The highest BCUT2D eigenvalue weighted by Crippen LogP contribution is 2.31. The van der Waals surface area contributed by atoms with Crippen LogP contribution in [0.2, 0.25) is 0 Å². The van der Waals surface area contributed by atoms with E-state index in [0.717, 1.165) is 55.1 Å². The van der Waals surface area contributed by atoms with Crippen molar-refractivity contribution in [2.24, 2.45) is 0 Å². The Bertz CT molecular complexity index is 934. The number of benzene rings is 1. The number of hydrogen-bond donors (Lipinski definition) is 1. The van der Waals surface area contributed by atoms with E-state index in [0.29, 0.717) is 25.2 Å². The number of nitrogens with zero attached hydrogens (tertiary/aromatic N) is 4. The monoisotopic (exact) mass is 393 g/mol. The van der Waals surface area contributed by atoms with Gasteiger partial charge in [-0.05, 0) is 31.2 Å². The zero-order valence-corrected chi connectivity index (χ0v) is 16.8. The molecule has 0 saturated carbocycles. The van der Waals surface area contributed by atoms with Crippen LogP contribution >= 0.6 is 0 Å². The molecule has 0 spiro atoms. The van der Waals surface area contributed by atoms with Gasteiger partial charge in [-0.2, -0.15) is 4.98 Å². The normalized spacial score (nSPS) is 16.9. The molecule has 1 fully saturated rings. The van der Waals surface area contributed by atoms with Crippen LogP contribution < -0.4 is 0 Å². The highest BCUT2D eigenvalue weighted by molar-refractivity contribution is 5.76. The third-order valence-corrected chi connectivity index (χ3v) is 5.43. The van der Waals surface area contributed by atoms with Crippen molar-refractivity contribution >= 4 is 5.91 Å². The summed E-state index contributed by atoms with van der Waals surface area (Å²) in [6.07, 6.45) is 7.53. The number of carbonyl (C=O) groups is 1. The first kappa shape index (κ1) is 19.4. The van der Waals surface area contributed by atoms with Crippen molar-refractivity contribution in [1.29, 1.82) is 0 Å². The predicted molar refractivity (Wildman–Crippen MR) is 109 cm³/mol. The molecule has 152 valence electrons. The minimum atomic E-state index is 0.0174. The first-order valence-electron chi connectivity index (χ1n) is 10.5. The van der Waals surface area contributed by atoms with E-state index in [1.807, 2.05) is 36.2 Å². The summed E-state index contributed by atoms with van der Waals surface area (Å²) in [5, 5.41) is 3.91. The SMILES string of the molecule is CCc1noc(CCCC(=O)N2CCCCC2c2ncc(-c3ccccc3)[nH]2)n1. The van der Waals surface area contributed by atoms with E-state index >= 15 is 0 Å². The third kappa shape index (κ3) is 4.55. The Morgan fingerprint density at radius 2 is 2.14 bits per heavy atom. The highest BCUT2D eigenvalue weighted by Gasteiger charge is 2.29. The lowest BCUT2D eigenvalue weighted by molar-refractivity contribution is -0.135. The number of carbonyl (C=O) groups excluding carboxylic acids is 1. The van der Waals surface area contributed by atoms with Gasteiger partial charge in [0.1, 0.15) is 5.82 Å². The highest BCUT2D eigenvalue weighted by atomic mass is 16.5. The minimum absolute atomic E-state index is 0.0174. The van der Waals surface area contributed by atoms with Crippen molar-refractivity contribution in [1.82, 2.24) is 25.0 Å². The largest absolute Gasteiger partial charge is 0.340 e. The van der Waals surface area contributed by atoms with Gasteiger partial charge >= 0.3 is 0 Å². The van der Waals surface area contributed by atoms with E-state index in [1.54, 1.807) is 0 Å². The number of aromatic nitrogens is 4. The van der Waals surface area contributed by atoms with Crippen molar-refractivity contribution in [3.63, 3.8) is 0 Å². The molecule has 0 bridgehead atoms. The Morgan fingerprint density at radius 3 is 2.93 bits per heavy atom. The number of nitrogens with one attached hydrogen (secondary N) is 1. The molecule has 29 heavy (non-hydrogen) atoms. The molecular formula is C22H27N5O2. The second-order valence-electron chi connectivity index (χ2n) is 7.46. The molecule has 4 rings (SSSR count). The van der Waals surface area contributed by atoms with Crippen LogP contribution in [0, 0.1) is 0 Å². The first-order chi connectivity index (χ1) is 14.2. The molecule has 1 aromatic carbocycles. The Labute approximate surface area is 170 Å². The van der Waals surface area contributed by atoms with Crippen LogP contribution in [0.5, 0.6) is 0 Å². The summed E-state index contributed by atoms with van der Waals surface area (Å²) in [6, 6.07) is 10.2. The molecular weight excluding hydrogens is 366 g/mol. The average Bonchev–Trinajstić information content (AvgIpc) is 3.44. The number of imidazole rings is 1. The van der Waals surface area contributed by atoms with Gasteiger partial charge in [0.15, 0.2) is 5.82 Å². The van der Waals surface area contributed by atoms with Gasteiger partial charge in [-0.1, -0.05) is 42.4 Å². The van der Waals surface area contributed by atoms with Crippen LogP contribution in [0.3, 0.4) is 0 Å². The lowest BCUT2D eigenvalue weighted by Crippen LogP contribution is -2.38. The number of amides is 1. The summed E-state index contributed by atoms with van der Waals surface area (Å²) in [4.78, 5) is 27.3. The fourth-order valence-corrected chi connectivity index (χ4v) is 3.85. The van der Waals surface area contributed by atoms with Gasteiger partial charge in [0, 0.05) is 25.8 Å². The Morgan fingerprint density at radius 1 is 1.28 bits per heavy atom. The van der Waals surface area contributed by atoms with Crippen molar-refractivity contribution in [3.8, 4) is 11.3 Å². The molecule has 1 aliphatic heterocycles. The third-order valence-electron chi connectivity index (χ3n) is 5.43. The fraction of sp³-hybridized carbons (Fsp3) is 0.455. The van der Waals surface area contributed by atoms with Crippen molar-refractivity contribution in [2.45, 2.75) is 57.9 Å². The minimum Gasteiger partial charge on any atom is -0.340 e. The number of piperidine rings is 1. The molecule has 1 amide bonds. The van der Waals surface area contributed by atoms with E-state index in [1.165, 1.54) is 0 Å². The zero-order chi connectivity index (χ0) is 20.1. The fourth-order valence-electron chi connectivity index (χ4n) is 3.85. The average molecular weight is 393 g/mol. The van der Waals surface area contributed by atoms with E-state index in [9.17, 15) is 4.79 Å². The molecule has 0 radical (unpaired) electrons. The van der Waals surface area contributed by atoms with E-state index < -0.39 is 0 Å². The van der Waals surface area contributed by atoms with Crippen molar-refractivity contribution in [2.75, 3.05) is 6.54 Å². The molecule has 7 heteroatoms. The van der Waals surface area contributed by atoms with Crippen LogP contribution in [-0.4, -0.2) is 37.5 Å². The molecule has 2 aromatic heterocycles. The van der Waals surface area contributed by atoms with Crippen LogP contribution in [-0.2, 0) is 17.6 Å². The van der Waals surface area contributed by atoms with Crippen LogP contribution in [0.25, 0.3) is 11.3 Å². The maximum atomic E-state index is 12.9. The second-order valence-corrected chi connectivity index (χ2v) is 7.46. The van der Waals surface area contributed by atoms with Gasteiger partial charge in [0.2, 0.25) is 11.8 Å². The van der Waals surface area contributed by atoms with Gasteiger partial charge in [-0.3, -0.25) is 4.79 Å². The molecule has 1 saturated heterocycles. The summed E-state index contributed by atoms with van der Waals surface area (Å²) >= 11 is 0. The number of aromatic amines is 1. The van der Waals surface area contributed by atoms with Gasteiger partial charge in [-0.25, -0.2) is 4.98 Å². The Hall–Kier alpha value is -2.96. The van der Waals surface area contributed by atoms with Gasteiger partial charge < -0.3 is 14.4 Å². The number of hydrogen-bond acceptors (Lipinski definition) is 5. The predicted octanol–water partition coefficient (Wildman–Crippen LogP) is 4.10. The maximum Gasteiger partial charge on any atom is 0.226 e. The van der Waals surface area contributed by atoms with E-state index in [2.05, 4.69) is 32.2 Å². The molecule has 3 aromatic rings. The van der Waals surface area contributed by atoms with Gasteiger partial charge in [-0.15, -0.1) is 0 Å². The molecule has 1 unspecified atom stereocenters. The number of rotatable bonds is 7. The molecule has 1 aliphatic rings. The molecule has 0 aliphatic carbocycles. The lowest BCUT2D eigenvalue weighted by atomic mass is 10.0. The standard InChI is InChI=1S/C22H27N5O2/c1-2-19-25-20(29-26-19)12-8-13-21(28)27-14-7-6-11-18(27)22-23-15-17(24-22)16-9-4-3-5-10-16/h3-5,9-10,15,18H,2,6-8,11-14H2,1H3,(H,23,24). The summed E-state index contributed by atoms with van der Waals surface area (Å²) in [6.45, 7) is 2.78. The lowest BCUT2D eigenvalue weighted by Gasteiger charge is -2.34. The van der Waals surface area contributed by atoms with Crippen LogP contribution in [0.4, 0.5) is 0 Å². The first-order valence-corrected chi connectivity index (χ1v) is 10.5. The smallest absolute Gasteiger partial charge is 0.226 e. The summed E-state index contributed by atoms with van der Waals surface area (Å²) in [5.41, 5.74) is 2.09. The topological polar surface area (TPSA) is 87.9 Å². The van der Waals surface area contributed by atoms with Crippen LogP contribution in [0.15, 0.2) is 41.1 Å². The van der Waals surface area contributed by atoms with Crippen LogP contribution in [0.1, 0.15) is 62.6 Å². The van der Waals surface area contributed by atoms with E-state index in [-0.39, 0.29) is 11.9 Å². The molecule has 7 nitrogen and oxygen atoms in total. The number of H-pyrrole nitrogens is 1. The van der Waals surface area contributed by atoms with E-state index in [4.69, 9.17) is 4.52 Å². The summed E-state index contributed by atoms with van der Waals surface area (Å²) < 4.78 is 5.22. The molecule has 1 N–H and O–H groups in total. The van der Waals surface area contributed by atoms with Gasteiger partial charge in [0.25, 0.3) is 0 Å². The maximum absolute atomic E-state index is 12.9. The van der Waals surface area contributed by atoms with Gasteiger partial charge in [0.05, 0.1) is 17.9 Å². The summed E-state index contributed by atoms with van der Waals surface area (Å²) in [7, 11) is 0. The number of likely N-dealkylation sites (tertiary alicyclic amines) is 1. The molecule has 1 atom stereocenters. The van der Waals surface area contributed by atoms with Crippen molar-refractivity contribution in [3.05, 3.63) is 54.1 Å². The Kier molecular flexibility index (Phi) is 6.03. The number of aryl methyl sites for hydroxylation is 2. The summed E-state index contributed by atoms with van der Waals surface area (Å²) in [5.74, 6) is 2.38. The second kappa shape index (κ2) is 9.03. The Balaban J connectivity index is 1.39. The molecule has 3 heterocycles. The zero-order valence-electron chi connectivity index (χ0n) is 16.8. The quantitative estimate of drug-likeness (QED) is 0.653. The van der Waals surface area contributed by atoms with Crippen molar-refractivity contribution < 1.29 is 9.32 Å².